The summed E-state index contributed by atoms with van der Waals surface area (Å²) in [6.45, 7) is 5.97. The van der Waals surface area contributed by atoms with Gasteiger partial charge in [0.1, 0.15) is 6.04 Å². The summed E-state index contributed by atoms with van der Waals surface area (Å²) >= 11 is 0. The van der Waals surface area contributed by atoms with Crippen LogP contribution in [0.25, 0.3) is 0 Å². The molecule has 0 saturated heterocycles. The third-order valence-corrected chi connectivity index (χ3v) is 2.10. The van der Waals surface area contributed by atoms with Gasteiger partial charge in [0.25, 0.3) is 0 Å². The van der Waals surface area contributed by atoms with Crippen molar-refractivity contribution in [3.05, 3.63) is 0 Å². The Kier molecular flexibility index (Phi) is 7.29. The van der Waals surface area contributed by atoms with E-state index in [2.05, 4.69) is 10.6 Å². The van der Waals surface area contributed by atoms with Gasteiger partial charge in [-0.25, -0.2) is 9.59 Å². The molecular formula is C11H22N2O4. The van der Waals surface area contributed by atoms with Crippen molar-refractivity contribution in [3.63, 3.8) is 0 Å². The standard InChI is InChI=1S/C11H22N2O4/c1-7(2)5-9(10(14)15)13-11(16)12-8(3)6-17-4/h7-9H,5-6H2,1-4H3,(H,14,15)(H2,12,13,16)/t8?,9-/m1/s1. The average molecular weight is 246 g/mol. The molecule has 2 atom stereocenters. The van der Waals surface area contributed by atoms with Gasteiger partial charge in [0.05, 0.1) is 12.6 Å². The summed E-state index contributed by atoms with van der Waals surface area (Å²) in [6, 6.07) is -1.50. The third kappa shape index (κ3) is 7.57. The van der Waals surface area contributed by atoms with Gasteiger partial charge in [-0.15, -0.1) is 0 Å². The number of carboxylic acids is 1. The number of urea groups is 1. The SMILES string of the molecule is COCC(C)NC(=O)N[C@H](CC(C)C)C(=O)O. The molecule has 0 bridgehead atoms. The lowest BCUT2D eigenvalue weighted by Crippen LogP contribution is -2.49. The first kappa shape index (κ1) is 15.7. The van der Waals surface area contributed by atoms with E-state index in [4.69, 9.17) is 9.84 Å². The van der Waals surface area contributed by atoms with Crippen LogP contribution in [0.4, 0.5) is 4.79 Å². The minimum atomic E-state index is -1.02. The van der Waals surface area contributed by atoms with E-state index in [0.29, 0.717) is 13.0 Å². The number of nitrogens with one attached hydrogen (secondary N) is 2. The number of amides is 2. The molecule has 0 spiro atoms. The lowest BCUT2D eigenvalue weighted by Gasteiger charge is -2.19. The predicted molar refractivity (Wildman–Crippen MR) is 63.9 cm³/mol. The maximum Gasteiger partial charge on any atom is 0.326 e. The predicted octanol–water partition coefficient (Wildman–Crippen LogP) is 0.820. The van der Waals surface area contributed by atoms with Gasteiger partial charge in [0, 0.05) is 7.11 Å². The van der Waals surface area contributed by atoms with E-state index in [1.54, 1.807) is 6.92 Å². The number of hydrogen-bond acceptors (Lipinski definition) is 3. The van der Waals surface area contributed by atoms with Gasteiger partial charge in [-0.05, 0) is 19.3 Å². The van der Waals surface area contributed by atoms with Crippen molar-refractivity contribution in [3.8, 4) is 0 Å². The van der Waals surface area contributed by atoms with Crippen LogP contribution in [-0.2, 0) is 9.53 Å². The summed E-state index contributed by atoms with van der Waals surface area (Å²) in [5.41, 5.74) is 0. The molecule has 0 radical (unpaired) electrons. The third-order valence-electron chi connectivity index (χ3n) is 2.10. The van der Waals surface area contributed by atoms with Crippen LogP contribution in [0, 0.1) is 5.92 Å². The molecule has 0 saturated carbocycles. The zero-order chi connectivity index (χ0) is 13.4. The first-order valence-electron chi connectivity index (χ1n) is 5.65. The number of carboxylic acid groups (broad SMARTS) is 1. The van der Waals surface area contributed by atoms with Crippen molar-refractivity contribution in [2.24, 2.45) is 5.92 Å². The molecule has 2 amide bonds. The van der Waals surface area contributed by atoms with E-state index in [0.717, 1.165) is 0 Å². The molecule has 6 heteroatoms. The zero-order valence-electron chi connectivity index (χ0n) is 10.8. The average Bonchev–Trinajstić information content (AvgIpc) is 2.15. The summed E-state index contributed by atoms with van der Waals surface area (Å²) in [5.74, 6) is -0.818. The van der Waals surface area contributed by atoms with E-state index in [1.165, 1.54) is 7.11 Å². The minimum absolute atomic E-state index is 0.159. The van der Waals surface area contributed by atoms with Gasteiger partial charge in [-0.2, -0.15) is 0 Å². The first-order valence-corrected chi connectivity index (χ1v) is 5.65. The molecule has 0 aliphatic rings. The second-order valence-electron chi connectivity index (χ2n) is 4.49. The maximum atomic E-state index is 11.5. The number of carbonyl (C=O) groups is 2. The molecule has 17 heavy (non-hydrogen) atoms. The fourth-order valence-corrected chi connectivity index (χ4v) is 1.41. The van der Waals surface area contributed by atoms with Crippen LogP contribution in [0.2, 0.25) is 0 Å². The van der Waals surface area contributed by atoms with Crippen LogP contribution in [0.3, 0.4) is 0 Å². The molecule has 1 unspecified atom stereocenters. The number of aliphatic carboxylic acids is 1. The van der Waals surface area contributed by atoms with Gasteiger partial charge in [0.2, 0.25) is 0 Å². The van der Waals surface area contributed by atoms with Crippen molar-refractivity contribution in [1.82, 2.24) is 10.6 Å². The summed E-state index contributed by atoms with van der Waals surface area (Å²) < 4.78 is 4.86. The van der Waals surface area contributed by atoms with Gasteiger partial charge in [-0.1, -0.05) is 13.8 Å². The molecule has 0 aromatic heterocycles. The molecule has 0 fully saturated rings. The highest BCUT2D eigenvalue weighted by atomic mass is 16.5. The fourth-order valence-electron chi connectivity index (χ4n) is 1.41. The molecule has 0 aromatic carbocycles. The molecule has 3 N–H and O–H groups in total. The Hall–Kier alpha value is -1.30. The molecule has 0 aliphatic carbocycles. The molecule has 6 nitrogen and oxygen atoms in total. The second-order valence-corrected chi connectivity index (χ2v) is 4.49. The van der Waals surface area contributed by atoms with E-state index in [9.17, 15) is 9.59 Å². The Labute approximate surface area is 102 Å². The maximum absolute atomic E-state index is 11.5. The number of rotatable bonds is 7. The number of ether oxygens (including phenoxy) is 1. The number of hydrogen-bond donors (Lipinski definition) is 3. The van der Waals surface area contributed by atoms with Gasteiger partial charge >= 0.3 is 12.0 Å². The van der Waals surface area contributed by atoms with Crippen molar-refractivity contribution in [2.75, 3.05) is 13.7 Å². The Morgan fingerprint density at radius 3 is 2.24 bits per heavy atom. The Bertz CT molecular complexity index is 256. The molecule has 100 valence electrons. The summed E-state index contributed by atoms with van der Waals surface area (Å²) in [6.07, 6.45) is 0.404. The Morgan fingerprint density at radius 1 is 1.24 bits per heavy atom. The molecule has 0 rings (SSSR count). The minimum Gasteiger partial charge on any atom is -0.480 e. The quantitative estimate of drug-likeness (QED) is 0.620. The van der Waals surface area contributed by atoms with Gasteiger partial charge in [0.15, 0.2) is 0 Å². The lowest BCUT2D eigenvalue weighted by molar-refractivity contribution is -0.139. The molecule has 0 aliphatic heterocycles. The normalized spacial score (nSPS) is 14.2. The van der Waals surface area contributed by atoms with E-state index in [1.807, 2.05) is 13.8 Å². The van der Waals surface area contributed by atoms with E-state index in [-0.39, 0.29) is 12.0 Å². The summed E-state index contributed by atoms with van der Waals surface area (Å²) in [4.78, 5) is 22.4. The van der Waals surface area contributed by atoms with Crippen LogP contribution in [0.1, 0.15) is 27.2 Å². The van der Waals surface area contributed by atoms with Crippen LogP contribution in [0.5, 0.6) is 0 Å². The van der Waals surface area contributed by atoms with Crippen molar-refractivity contribution in [1.29, 1.82) is 0 Å². The highest BCUT2D eigenvalue weighted by Gasteiger charge is 2.21. The van der Waals surface area contributed by atoms with E-state index < -0.39 is 18.0 Å². The van der Waals surface area contributed by atoms with Crippen LogP contribution in [-0.4, -0.2) is 42.9 Å². The number of methoxy groups -OCH3 is 1. The van der Waals surface area contributed by atoms with Crippen molar-refractivity contribution < 1.29 is 19.4 Å². The Morgan fingerprint density at radius 2 is 1.82 bits per heavy atom. The van der Waals surface area contributed by atoms with E-state index >= 15 is 0 Å². The van der Waals surface area contributed by atoms with Crippen LogP contribution in [0.15, 0.2) is 0 Å². The highest BCUT2D eigenvalue weighted by molar-refractivity contribution is 5.82. The fraction of sp³-hybridized carbons (Fsp3) is 0.818. The second kappa shape index (κ2) is 7.89. The van der Waals surface area contributed by atoms with Crippen LogP contribution >= 0.6 is 0 Å². The first-order chi connectivity index (χ1) is 7.86. The number of carbonyl (C=O) groups excluding carboxylic acids is 1. The Balaban J connectivity index is 4.17. The summed E-state index contributed by atoms with van der Waals surface area (Å²) in [5, 5.41) is 14.0. The smallest absolute Gasteiger partial charge is 0.326 e. The van der Waals surface area contributed by atoms with Crippen molar-refractivity contribution >= 4 is 12.0 Å². The van der Waals surface area contributed by atoms with Crippen LogP contribution < -0.4 is 10.6 Å². The lowest BCUT2D eigenvalue weighted by atomic mass is 10.0. The molecule has 0 aromatic rings. The zero-order valence-corrected chi connectivity index (χ0v) is 10.8. The molecule has 0 heterocycles. The summed E-state index contributed by atoms with van der Waals surface area (Å²) in [7, 11) is 1.54. The van der Waals surface area contributed by atoms with Crippen molar-refractivity contribution in [2.45, 2.75) is 39.3 Å². The highest BCUT2D eigenvalue weighted by Crippen LogP contribution is 2.04. The largest absolute Gasteiger partial charge is 0.480 e. The topological polar surface area (TPSA) is 87.7 Å². The molecular weight excluding hydrogens is 224 g/mol. The van der Waals surface area contributed by atoms with Gasteiger partial charge in [-0.3, -0.25) is 0 Å². The monoisotopic (exact) mass is 246 g/mol. The van der Waals surface area contributed by atoms with Gasteiger partial charge < -0.3 is 20.5 Å².